The lowest BCUT2D eigenvalue weighted by Crippen LogP contribution is -2.11. The molecular formula is C10H10O4S. The van der Waals surface area contributed by atoms with Gasteiger partial charge in [-0.2, -0.15) is 0 Å². The van der Waals surface area contributed by atoms with Crippen LogP contribution in [0.2, 0.25) is 0 Å². The minimum absolute atomic E-state index is 0.274. The predicted molar refractivity (Wildman–Crippen MR) is 56.2 cm³/mol. The van der Waals surface area contributed by atoms with Crippen LogP contribution < -0.4 is 9.47 Å². The maximum Gasteiger partial charge on any atom is 0.336 e. The van der Waals surface area contributed by atoms with E-state index in [0.717, 1.165) is 5.75 Å². The fraction of sp³-hybridized carbons (Fsp3) is 0.300. The Balaban J connectivity index is 2.57. The second-order valence-corrected chi connectivity index (χ2v) is 4.08. The molecule has 0 fully saturated rings. The van der Waals surface area contributed by atoms with Crippen LogP contribution in [0.4, 0.5) is 0 Å². The lowest BCUT2D eigenvalue weighted by Gasteiger charge is -2.20. The van der Waals surface area contributed by atoms with E-state index in [1.54, 1.807) is 19.2 Å². The van der Waals surface area contributed by atoms with Crippen molar-refractivity contribution < 1.29 is 19.4 Å². The van der Waals surface area contributed by atoms with Crippen molar-refractivity contribution in [2.24, 2.45) is 0 Å². The van der Waals surface area contributed by atoms with Gasteiger partial charge in [-0.05, 0) is 12.1 Å². The summed E-state index contributed by atoms with van der Waals surface area (Å²) in [5.41, 5.74) is 0.274. The van der Waals surface area contributed by atoms with Crippen LogP contribution in [0.3, 0.4) is 0 Å². The maximum absolute atomic E-state index is 11.0. The van der Waals surface area contributed by atoms with Gasteiger partial charge in [-0.1, -0.05) is 0 Å². The first-order chi connectivity index (χ1) is 7.24. The minimum atomic E-state index is -0.938. The van der Waals surface area contributed by atoms with Gasteiger partial charge < -0.3 is 14.6 Å². The molecule has 0 aliphatic carbocycles. The minimum Gasteiger partial charge on any atom is -0.493 e. The Morgan fingerprint density at radius 2 is 2.40 bits per heavy atom. The Labute approximate surface area is 91.2 Å². The van der Waals surface area contributed by atoms with Crippen molar-refractivity contribution in [2.45, 2.75) is 4.90 Å². The highest BCUT2D eigenvalue weighted by atomic mass is 32.2. The number of hydrogen-bond donors (Lipinski definition) is 1. The molecule has 80 valence electrons. The molecule has 1 aliphatic rings. The van der Waals surface area contributed by atoms with Gasteiger partial charge in [0.2, 0.25) is 0 Å². The number of rotatable bonds is 2. The average molecular weight is 226 g/mol. The van der Waals surface area contributed by atoms with Gasteiger partial charge in [0.1, 0.15) is 0 Å². The SMILES string of the molecule is COc1ccc(C(=O)O)c2c1OCCS2. The largest absolute Gasteiger partial charge is 0.493 e. The van der Waals surface area contributed by atoms with Crippen molar-refractivity contribution in [3.05, 3.63) is 17.7 Å². The fourth-order valence-corrected chi connectivity index (χ4v) is 2.41. The van der Waals surface area contributed by atoms with E-state index in [-0.39, 0.29) is 5.56 Å². The van der Waals surface area contributed by atoms with Gasteiger partial charge in [0, 0.05) is 5.75 Å². The standard InChI is InChI=1S/C10H10O4S/c1-13-7-3-2-6(10(11)12)9-8(7)14-4-5-15-9/h2-3H,4-5H2,1H3,(H,11,12). The van der Waals surface area contributed by atoms with E-state index in [1.165, 1.54) is 11.8 Å². The average Bonchev–Trinajstić information content (AvgIpc) is 2.27. The summed E-state index contributed by atoms with van der Waals surface area (Å²) >= 11 is 1.49. The van der Waals surface area contributed by atoms with Crippen LogP contribution in [-0.4, -0.2) is 30.5 Å². The Morgan fingerprint density at radius 1 is 1.60 bits per heavy atom. The molecule has 15 heavy (non-hydrogen) atoms. The highest BCUT2D eigenvalue weighted by Crippen LogP contribution is 2.42. The second-order valence-electron chi connectivity index (χ2n) is 2.98. The molecule has 0 spiro atoms. The van der Waals surface area contributed by atoms with Gasteiger partial charge >= 0.3 is 5.97 Å². The zero-order valence-corrected chi connectivity index (χ0v) is 8.97. The van der Waals surface area contributed by atoms with Gasteiger partial charge in [0.05, 0.1) is 24.2 Å². The molecule has 0 radical (unpaired) electrons. The van der Waals surface area contributed by atoms with Crippen molar-refractivity contribution >= 4 is 17.7 Å². The van der Waals surface area contributed by atoms with E-state index < -0.39 is 5.97 Å². The molecule has 2 rings (SSSR count). The molecule has 5 heteroatoms. The van der Waals surface area contributed by atoms with E-state index in [0.29, 0.717) is 23.0 Å². The highest BCUT2D eigenvalue weighted by Gasteiger charge is 2.22. The number of carboxylic acids is 1. The number of carboxylic acid groups (broad SMARTS) is 1. The molecule has 0 atom stereocenters. The third-order valence-electron chi connectivity index (χ3n) is 2.10. The molecule has 4 nitrogen and oxygen atoms in total. The Kier molecular flexibility index (Phi) is 2.73. The molecule has 0 saturated carbocycles. The molecule has 0 bridgehead atoms. The van der Waals surface area contributed by atoms with Crippen LogP contribution in [0.25, 0.3) is 0 Å². The van der Waals surface area contributed by atoms with E-state index in [9.17, 15) is 4.79 Å². The number of methoxy groups -OCH3 is 1. The van der Waals surface area contributed by atoms with Gasteiger partial charge in [-0.15, -0.1) is 11.8 Å². The van der Waals surface area contributed by atoms with Gasteiger partial charge in [-0.25, -0.2) is 4.79 Å². The van der Waals surface area contributed by atoms with Crippen LogP contribution in [0.1, 0.15) is 10.4 Å². The zero-order valence-electron chi connectivity index (χ0n) is 8.15. The van der Waals surface area contributed by atoms with Crippen molar-refractivity contribution in [3.8, 4) is 11.5 Å². The summed E-state index contributed by atoms with van der Waals surface area (Å²) in [7, 11) is 1.54. The summed E-state index contributed by atoms with van der Waals surface area (Å²) in [6, 6.07) is 3.16. The van der Waals surface area contributed by atoms with E-state index in [4.69, 9.17) is 14.6 Å². The van der Waals surface area contributed by atoms with Crippen LogP contribution >= 0.6 is 11.8 Å². The molecular weight excluding hydrogens is 216 g/mol. The first-order valence-electron chi connectivity index (χ1n) is 4.44. The third-order valence-corrected chi connectivity index (χ3v) is 3.17. The summed E-state index contributed by atoms with van der Waals surface area (Å²) in [5.74, 6) is 0.961. The van der Waals surface area contributed by atoms with Crippen LogP contribution in [0.5, 0.6) is 11.5 Å². The second kappa shape index (κ2) is 4.02. The van der Waals surface area contributed by atoms with Crippen LogP contribution in [0, 0.1) is 0 Å². The number of fused-ring (bicyclic) bond motifs is 1. The number of benzene rings is 1. The number of hydrogen-bond acceptors (Lipinski definition) is 4. The number of thioether (sulfide) groups is 1. The van der Waals surface area contributed by atoms with Gasteiger partial charge in [-0.3, -0.25) is 0 Å². The zero-order chi connectivity index (χ0) is 10.8. The number of ether oxygens (including phenoxy) is 2. The number of aromatic carboxylic acids is 1. The van der Waals surface area contributed by atoms with Crippen LogP contribution in [-0.2, 0) is 0 Å². The predicted octanol–water partition coefficient (Wildman–Crippen LogP) is 1.88. The highest BCUT2D eigenvalue weighted by molar-refractivity contribution is 7.99. The molecule has 0 unspecified atom stereocenters. The van der Waals surface area contributed by atoms with Crippen molar-refractivity contribution in [3.63, 3.8) is 0 Å². The Bertz CT molecular complexity index is 403. The van der Waals surface area contributed by atoms with E-state index >= 15 is 0 Å². The summed E-state index contributed by atoms with van der Waals surface area (Å²) in [6.45, 7) is 0.580. The van der Waals surface area contributed by atoms with Crippen molar-refractivity contribution in [1.82, 2.24) is 0 Å². The number of carbonyl (C=O) groups is 1. The molecule has 1 N–H and O–H groups in total. The molecule has 0 amide bonds. The van der Waals surface area contributed by atoms with E-state index in [1.807, 2.05) is 0 Å². The van der Waals surface area contributed by atoms with Gasteiger partial charge in [0.15, 0.2) is 11.5 Å². The summed E-state index contributed by atoms with van der Waals surface area (Å²) in [5, 5.41) is 8.99. The topological polar surface area (TPSA) is 55.8 Å². The fourth-order valence-electron chi connectivity index (χ4n) is 1.44. The summed E-state index contributed by atoms with van der Waals surface area (Å²) in [4.78, 5) is 11.6. The Hall–Kier alpha value is -1.36. The Morgan fingerprint density at radius 3 is 3.07 bits per heavy atom. The lowest BCUT2D eigenvalue weighted by molar-refractivity contribution is 0.0692. The molecule has 1 heterocycles. The molecule has 0 saturated heterocycles. The van der Waals surface area contributed by atoms with Gasteiger partial charge in [0.25, 0.3) is 0 Å². The van der Waals surface area contributed by atoms with Crippen molar-refractivity contribution in [2.75, 3.05) is 19.5 Å². The molecule has 1 aromatic carbocycles. The summed E-state index contributed by atoms with van der Waals surface area (Å²) in [6.07, 6.45) is 0. The normalized spacial score (nSPS) is 13.9. The maximum atomic E-state index is 11.0. The lowest BCUT2D eigenvalue weighted by atomic mass is 10.2. The van der Waals surface area contributed by atoms with Crippen molar-refractivity contribution in [1.29, 1.82) is 0 Å². The monoisotopic (exact) mass is 226 g/mol. The third kappa shape index (κ3) is 1.74. The molecule has 1 aromatic rings. The van der Waals surface area contributed by atoms with Crippen LogP contribution in [0.15, 0.2) is 17.0 Å². The first kappa shape index (κ1) is 10.2. The quantitative estimate of drug-likeness (QED) is 0.834. The summed E-state index contributed by atoms with van der Waals surface area (Å²) < 4.78 is 10.5. The molecule has 1 aliphatic heterocycles. The first-order valence-corrected chi connectivity index (χ1v) is 5.42. The van der Waals surface area contributed by atoms with E-state index in [2.05, 4.69) is 0 Å². The smallest absolute Gasteiger partial charge is 0.336 e. The molecule has 0 aromatic heterocycles.